The minimum Gasteiger partial charge on any atom is -0.478 e. The number of rotatable bonds is 2. The van der Waals surface area contributed by atoms with Crippen LogP contribution >= 0.6 is 22.6 Å². The average molecular weight is 274 g/mol. The third-order valence-corrected chi connectivity index (χ3v) is 2.01. The molecule has 0 heterocycles. The molecule has 0 saturated carbocycles. The number of aliphatic carboxylic acids is 1. The zero-order valence-electron chi connectivity index (χ0n) is 6.20. The second-order valence-corrected chi connectivity index (χ2v) is 3.47. The van der Waals surface area contributed by atoms with Crippen molar-refractivity contribution in [3.05, 3.63) is 39.5 Å². The molecular weight excluding hydrogens is 267 g/mol. The summed E-state index contributed by atoms with van der Waals surface area (Å²) in [5.41, 5.74) is 0.901. The predicted molar refractivity (Wildman–Crippen MR) is 55.8 cm³/mol. The highest BCUT2D eigenvalue weighted by atomic mass is 127. The Morgan fingerprint density at radius 1 is 1.33 bits per heavy atom. The summed E-state index contributed by atoms with van der Waals surface area (Å²) in [6.45, 7) is 0. The van der Waals surface area contributed by atoms with Gasteiger partial charge in [0, 0.05) is 9.65 Å². The molecule has 0 amide bonds. The van der Waals surface area contributed by atoms with Crippen LogP contribution in [0.4, 0.5) is 0 Å². The number of carboxylic acid groups (broad SMARTS) is 1. The monoisotopic (exact) mass is 274 g/mol. The van der Waals surface area contributed by atoms with E-state index in [0.717, 1.165) is 15.2 Å². The van der Waals surface area contributed by atoms with Gasteiger partial charge in [0.2, 0.25) is 0 Å². The van der Waals surface area contributed by atoms with Crippen molar-refractivity contribution in [2.24, 2.45) is 0 Å². The molecule has 0 bridgehead atoms. The minimum absolute atomic E-state index is 0.901. The van der Waals surface area contributed by atoms with Crippen molar-refractivity contribution < 1.29 is 9.90 Å². The summed E-state index contributed by atoms with van der Waals surface area (Å²) in [5, 5.41) is 8.34. The molecular formula is C9H7IO2. The van der Waals surface area contributed by atoms with Crippen LogP contribution in [0.1, 0.15) is 5.56 Å². The molecule has 0 aromatic heterocycles. The van der Waals surface area contributed by atoms with E-state index < -0.39 is 5.97 Å². The third kappa shape index (κ3) is 3.04. The zero-order valence-corrected chi connectivity index (χ0v) is 8.36. The SMILES string of the molecule is O=C(O)/C=C\c1ccc(I)cc1. The minimum atomic E-state index is -0.923. The fourth-order valence-corrected chi connectivity index (χ4v) is 1.10. The van der Waals surface area contributed by atoms with Gasteiger partial charge in [0.25, 0.3) is 0 Å². The van der Waals surface area contributed by atoms with Gasteiger partial charge in [0.15, 0.2) is 0 Å². The van der Waals surface area contributed by atoms with E-state index in [-0.39, 0.29) is 0 Å². The lowest BCUT2D eigenvalue weighted by molar-refractivity contribution is -0.131. The van der Waals surface area contributed by atoms with E-state index in [0.29, 0.717) is 0 Å². The topological polar surface area (TPSA) is 37.3 Å². The molecule has 0 aliphatic carbocycles. The van der Waals surface area contributed by atoms with Crippen LogP contribution in [0.25, 0.3) is 6.08 Å². The van der Waals surface area contributed by atoms with Crippen molar-refractivity contribution in [3.8, 4) is 0 Å². The van der Waals surface area contributed by atoms with E-state index in [1.807, 2.05) is 24.3 Å². The number of hydrogen-bond acceptors (Lipinski definition) is 1. The van der Waals surface area contributed by atoms with Crippen LogP contribution in [0.5, 0.6) is 0 Å². The van der Waals surface area contributed by atoms with Crippen LogP contribution in [-0.4, -0.2) is 11.1 Å². The van der Waals surface area contributed by atoms with Gasteiger partial charge in [-0.1, -0.05) is 12.1 Å². The van der Waals surface area contributed by atoms with Crippen molar-refractivity contribution in [1.29, 1.82) is 0 Å². The molecule has 3 heteroatoms. The Kier molecular flexibility index (Phi) is 3.28. The molecule has 62 valence electrons. The van der Waals surface area contributed by atoms with Gasteiger partial charge in [-0.25, -0.2) is 4.79 Å². The van der Waals surface area contributed by atoms with Gasteiger partial charge in [-0.3, -0.25) is 0 Å². The molecule has 1 aromatic carbocycles. The highest BCUT2D eigenvalue weighted by Gasteiger charge is 1.88. The van der Waals surface area contributed by atoms with Crippen molar-refractivity contribution in [3.63, 3.8) is 0 Å². The highest BCUT2D eigenvalue weighted by molar-refractivity contribution is 14.1. The molecule has 0 aliphatic heterocycles. The molecule has 2 nitrogen and oxygen atoms in total. The van der Waals surface area contributed by atoms with Crippen LogP contribution < -0.4 is 0 Å². The molecule has 1 aromatic rings. The van der Waals surface area contributed by atoms with E-state index in [4.69, 9.17) is 5.11 Å². The van der Waals surface area contributed by atoms with Gasteiger partial charge in [-0.05, 0) is 46.4 Å². The maximum absolute atomic E-state index is 10.2. The first-order chi connectivity index (χ1) is 5.68. The number of carboxylic acids is 1. The summed E-state index contributed by atoms with van der Waals surface area (Å²) < 4.78 is 1.14. The van der Waals surface area contributed by atoms with Gasteiger partial charge < -0.3 is 5.11 Å². The van der Waals surface area contributed by atoms with Gasteiger partial charge in [-0.2, -0.15) is 0 Å². The lowest BCUT2D eigenvalue weighted by Gasteiger charge is -1.91. The maximum Gasteiger partial charge on any atom is 0.328 e. The van der Waals surface area contributed by atoms with Crippen LogP contribution in [0.2, 0.25) is 0 Å². The second-order valence-electron chi connectivity index (χ2n) is 2.22. The fraction of sp³-hybridized carbons (Fsp3) is 0. The predicted octanol–water partition coefficient (Wildman–Crippen LogP) is 2.39. The van der Waals surface area contributed by atoms with Gasteiger partial charge in [0.05, 0.1) is 0 Å². The quantitative estimate of drug-likeness (QED) is 0.664. The molecule has 0 atom stereocenters. The smallest absolute Gasteiger partial charge is 0.328 e. The Morgan fingerprint density at radius 3 is 2.42 bits per heavy atom. The number of halogens is 1. The molecule has 1 N–H and O–H groups in total. The van der Waals surface area contributed by atoms with Crippen molar-refractivity contribution in [2.75, 3.05) is 0 Å². The molecule has 0 spiro atoms. The standard InChI is InChI=1S/C9H7IO2/c10-8-4-1-7(2-5-8)3-6-9(11)12/h1-6H,(H,11,12)/b6-3-. The van der Waals surface area contributed by atoms with Gasteiger partial charge in [-0.15, -0.1) is 0 Å². The summed E-state index contributed by atoms with van der Waals surface area (Å²) in [6.07, 6.45) is 2.70. The van der Waals surface area contributed by atoms with E-state index in [9.17, 15) is 4.79 Å². The molecule has 0 radical (unpaired) electrons. The first-order valence-electron chi connectivity index (χ1n) is 3.35. The Labute approximate surface area is 84.1 Å². The van der Waals surface area contributed by atoms with E-state index in [2.05, 4.69) is 22.6 Å². The van der Waals surface area contributed by atoms with E-state index >= 15 is 0 Å². The third-order valence-electron chi connectivity index (χ3n) is 1.29. The normalized spacial score (nSPS) is 10.4. The van der Waals surface area contributed by atoms with E-state index in [1.54, 1.807) is 6.08 Å². The Hall–Kier alpha value is -0.840. The average Bonchev–Trinajstić information content (AvgIpc) is 2.03. The van der Waals surface area contributed by atoms with Crippen LogP contribution in [0.15, 0.2) is 30.3 Å². The molecule has 12 heavy (non-hydrogen) atoms. The largest absolute Gasteiger partial charge is 0.478 e. The summed E-state index contributed by atoms with van der Waals surface area (Å²) in [5.74, 6) is -0.923. The van der Waals surface area contributed by atoms with Crippen LogP contribution in [0.3, 0.4) is 0 Å². The number of benzene rings is 1. The molecule has 0 unspecified atom stereocenters. The molecule has 1 rings (SSSR count). The summed E-state index contributed by atoms with van der Waals surface area (Å²) in [4.78, 5) is 10.2. The second kappa shape index (κ2) is 4.25. The zero-order chi connectivity index (χ0) is 8.97. The van der Waals surface area contributed by atoms with Crippen LogP contribution in [0, 0.1) is 3.57 Å². The summed E-state index contributed by atoms with van der Waals surface area (Å²) in [7, 11) is 0. The Balaban J connectivity index is 2.77. The van der Waals surface area contributed by atoms with Crippen molar-refractivity contribution in [1.82, 2.24) is 0 Å². The molecule has 0 saturated heterocycles. The number of hydrogen-bond donors (Lipinski definition) is 1. The molecule has 0 aliphatic rings. The first kappa shape index (κ1) is 9.25. The van der Waals surface area contributed by atoms with E-state index in [1.165, 1.54) is 0 Å². The Bertz CT molecular complexity index is 301. The lowest BCUT2D eigenvalue weighted by Crippen LogP contribution is -1.85. The van der Waals surface area contributed by atoms with Crippen LogP contribution in [-0.2, 0) is 4.79 Å². The molecule has 0 fully saturated rings. The Morgan fingerprint density at radius 2 is 1.92 bits per heavy atom. The summed E-state index contributed by atoms with van der Waals surface area (Å²) in [6, 6.07) is 7.62. The summed E-state index contributed by atoms with van der Waals surface area (Å²) >= 11 is 2.20. The van der Waals surface area contributed by atoms with Crippen molar-refractivity contribution in [2.45, 2.75) is 0 Å². The number of carbonyl (C=O) groups is 1. The van der Waals surface area contributed by atoms with Gasteiger partial charge >= 0.3 is 5.97 Å². The van der Waals surface area contributed by atoms with Gasteiger partial charge in [0.1, 0.15) is 0 Å². The first-order valence-corrected chi connectivity index (χ1v) is 4.43. The van der Waals surface area contributed by atoms with Crippen molar-refractivity contribution >= 4 is 34.6 Å². The lowest BCUT2D eigenvalue weighted by atomic mass is 10.2. The highest BCUT2D eigenvalue weighted by Crippen LogP contribution is 2.07. The maximum atomic E-state index is 10.2. The fourth-order valence-electron chi connectivity index (χ4n) is 0.741.